The molecule has 0 bridgehead atoms. The average Bonchev–Trinajstić information content (AvgIpc) is 3.29. The average molecular weight is 361 g/mol. The Labute approximate surface area is 152 Å². The molecule has 0 fully saturated rings. The third-order valence-corrected chi connectivity index (χ3v) is 5.72. The van der Waals surface area contributed by atoms with Crippen molar-refractivity contribution in [1.82, 2.24) is 0 Å². The summed E-state index contributed by atoms with van der Waals surface area (Å²) in [7, 11) is 1.54. The van der Waals surface area contributed by atoms with E-state index < -0.39 is 11.8 Å². The van der Waals surface area contributed by atoms with Crippen LogP contribution in [0.15, 0.2) is 47.8 Å². The summed E-state index contributed by atoms with van der Waals surface area (Å²) < 4.78 is 5.20. The Morgan fingerprint density at radius 2 is 1.54 bits per heavy atom. The lowest BCUT2D eigenvalue weighted by molar-refractivity contribution is 0.0927. The van der Waals surface area contributed by atoms with Crippen molar-refractivity contribution in [3.05, 3.63) is 70.1 Å². The summed E-state index contributed by atoms with van der Waals surface area (Å²) in [6.07, 6.45) is 0. The maximum Gasteiger partial charge on any atom is 0.266 e. The maximum absolute atomic E-state index is 13.0. The van der Waals surface area contributed by atoms with Gasteiger partial charge in [-0.15, -0.1) is 11.3 Å². The van der Waals surface area contributed by atoms with Gasteiger partial charge in [0.25, 0.3) is 11.8 Å². The number of ether oxygens (including phenoxy) is 1. The molecule has 0 atom stereocenters. The minimum absolute atomic E-state index is 0.193. The van der Waals surface area contributed by atoms with Gasteiger partial charge in [0, 0.05) is 16.5 Å². The van der Waals surface area contributed by atoms with Crippen LogP contribution in [0.5, 0.6) is 5.75 Å². The quantitative estimate of drug-likeness (QED) is 0.510. The summed E-state index contributed by atoms with van der Waals surface area (Å²) in [5, 5.41) is 2.20. The minimum Gasteiger partial charge on any atom is -0.497 e. The van der Waals surface area contributed by atoms with Crippen molar-refractivity contribution in [2.45, 2.75) is 0 Å². The molecule has 1 aliphatic heterocycles. The lowest BCUT2D eigenvalue weighted by atomic mass is 10.1. The number of amides is 2. The zero-order valence-corrected chi connectivity index (χ0v) is 14.4. The molecule has 1 aromatic heterocycles. The van der Waals surface area contributed by atoms with Gasteiger partial charge in [-0.2, -0.15) is 0 Å². The SMILES string of the molecule is COc1ccc2c(c1)C(=O)c1c-2csc1N1C(=O)c2ccccc2C1=O. The van der Waals surface area contributed by atoms with Crippen molar-refractivity contribution in [3.8, 4) is 16.9 Å². The van der Waals surface area contributed by atoms with Crippen molar-refractivity contribution < 1.29 is 19.1 Å². The van der Waals surface area contributed by atoms with Crippen LogP contribution >= 0.6 is 11.3 Å². The third-order valence-electron chi connectivity index (χ3n) is 4.76. The Morgan fingerprint density at radius 1 is 0.846 bits per heavy atom. The minimum atomic E-state index is -0.392. The number of imide groups is 1. The maximum atomic E-state index is 13.0. The normalized spacial score (nSPS) is 14.5. The van der Waals surface area contributed by atoms with Gasteiger partial charge in [0.1, 0.15) is 10.8 Å². The van der Waals surface area contributed by atoms with E-state index in [4.69, 9.17) is 4.74 Å². The molecule has 5 rings (SSSR count). The molecule has 0 radical (unpaired) electrons. The van der Waals surface area contributed by atoms with Crippen LogP contribution in [-0.4, -0.2) is 24.7 Å². The first-order chi connectivity index (χ1) is 12.6. The van der Waals surface area contributed by atoms with Crippen molar-refractivity contribution >= 4 is 33.9 Å². The number of methoxy groups -OCH3 is 1. The number of nitrogens with zero attached hydrogens (tertiary/aromatic N) is 1. The first-order valence-corrected chi connectivity index (χ1v) is 8.82. The molecule has 0 unspecified atom stereocenters. The molecule has 5 nitrogen and oxygen atoms in total. The van der Waals surface area contributed by atoms with E-state index in [0.717, 1.165) is 16.0 Å². The third kappa shape index (κ3) is 1.76. The van der Waals surface area contributed by atoms with Gasteiger partial charge in [-0.25, -0.2) is 4.90 Å². The number of fused-ring (bicyclic) bond motifs is 4. The van der Waals surface area contributed by atoms with Crippen LogP contribution in [0, 0.1) is 0 Å². The molecule has 0 spiro atoms. The van der Waals surface area contributed by atoms with Gasteiger partial charge in [-0.1, -0.05) is 12.1 Å². The zero-order chi connectivity index (χ0) is 18.0. The fraction of sp³-hybridized carbons (Fsp3) is 0.0500. The highest BCUT2D eigenvalue weighted by Crippen LogP contribution is 2.47. The van der Waals surface area contributed by atoms with Crippen LogP contribution < -0.4 is 9.64 Å². The molecule has 2 heterocycles. The van der Waals surface area contributed by atoms with Crippen LogP contribution in [0.2, 0.25) is 0 Å². The van der Waals surface area contributed by atoms with Crippen LogP contribution in [0.4, 0.5) is 5.00 Å². The molecule has 2 aliphatic rings. The Balaban J connectivity index is 1.66. The largest absolute Gasteiger partial charge is 0.497 e. The molecule has 6 heteroatoms. The lowest BCUT2D eigenvalue weighted by Crippen LogP contribution is -2.29. The van der Waals surface area contributed by atoms with Crippen molar-refractivity contribution in [2.75, 3.05) is 12.0 Å². The van der Waals surface area contributed by atoms with E-state index in [2.05, 4.69) is 0 Å². The van der Waals surface area contributed by atoms with Crippen LogP contribution in [0.1, 0.15) is 36.6 Å². The highest BCUT2D eigenvalue weighted by molar-refractivity contribution is 7.15. The highest BCUT2D eigenvalue weighted by Gasteiger charge is 2.42. The number of thiophene rings is 1. The molecule has 2 amide bonds. The van der Waals surface area contributed by atoms with Gasteiger partial charge in [0.2, 0.25) is 0 Å². The zero-order valence-electron chi connectivity index (χ0n) is 13.6. The molecule has 26 heavy (non-hydrogen) atoms. The van der Waals surface area contributed by atoms with E-state index in [1.165, 1.54) is 11.3 Å². The summed E-state index contributed by atoms with van der Waals surface area (Å²) in [6.45, 7) is 0. The molecule has 1 aliphatic carbocycles. The monoisotopic (exact) mass is 361 g/mol. The first-order valence-electron chi connectivity index (χ1n) is 7.94. The number of hydrogen-bond donors (Lipinski definition) is 0. The second-order valence-corrected chi connectivity index (χ2v) is 6.92. The molecule has 126 valence electrons. The number of hydrogen-bond acceptors (Lipinski definition) is 5. The topological polar surface area (TPSA) is 63.7 Å². The molecule has 0 saturated carbocycles. The Bertz CT molecular complexity index is 1110. The van der Waals surface area contributed by atoms with Crippen LogP contribution in [0.3, 0.4) is 0 Å². The van der Waals surface area contributed by atoms with Gasteiger partial charge in [0.15, 0.2) is 5.78 Å². The van der Waals surface area contributed by atoms with E-state index >= 15 is 0 Å². The summed E-state index contributed by atoms with van der Waals surface area (Å²) in [5.41, 5.74) is 3.22. The fourth-order valence-corrected chi connectivity index (χ4v) is 4.58. The summed E-state index contributed by atoms with van der Waals surface area (Å²) in [4.78, 5) is 39.6. The van der Waals surface area contributed by atoms with E-state index in [0.29, 0.717) is 33.0 Å². The second kappa shape index (κ2) is 5.12. The first kappa shape index (κ1) is 15.0. The standard InChI is InChI=1S/C20H11NO4S/c1-25-10-6-7-11-14(8-10)17(22)16-15(11)9-26-20(16)21-18(23)12-4-2-3-5-13(12)19(21)24/h2-9H,1H3. The second-order valence-electron chi connectivity index (χ2n) is 6.06. The van der Waals surface area contributed by atoms with E-state index in [1.54, 1.807) is 43.5 Å². The summed E-state index contributed by atoms with van der Waals surface area (Å²) in [5.74, 6) is -0.386. The molecular weight excluding hydrogens is 350 g/mol. The molecular formula is C20H11NO4S. The summed E-state index contributed by atoms with van der Waals surface area (Å²) >= 11 is 1.24. The molecule has 0 N–H and O–H groups in total. The lowest BCUT2D eigenvalue weighted by Gasteiger charge is -2.12. The van der Waals surface area contributed by atoms with Crippen LogP contribution in [0.25, 0.3) is 11.1 Å². The number of rotatable bonds is 2. The van der Waals surface area contributed by atoms with E-state index in [1.807, 2.05) is 11.4 Å². The van der Waals surface area contributed by atoms with E-state index in [-0.39, 0.29) is 5.78 Å². The molecule has 2 aromatic carbocycles. The van der Waals surface area contributed by atoms with Crippen molar-refractivity contribution in [3.63, 3.8) is 0 Å². The van der Waals surface area contributed by atoms with Crippen molar-refractivity contribution in [1.29, 1.82) is 0 Å². The van der Waals surface area contributed by atoms with Gasteiger partial charge in [-0.3, -0.25) is 14.4 Å². The molecule has 0 saturated heterocycles. The predicted octanol–water partition coefficient (Wildman–Crippen LogP) is 3.77. The van der Waals surface area contributed by atoms with E-state index in [9.17, 15) is 14.4 Å². The number of carbonyl (C=O) groups is 3. The van der Waals surface area contributed by atoms with Crippen LogP contribution in [-0.2, 0) is 0 Å². The van der Waals surface area contributed by atoms with Gasteiger partial charge in [-0.05, 0) is 35.9 Å². The Kier molecular flexibility index (Phi) is 2.96. The summed E-state index contributed by atoms with van der Waals surface area (Å²) in [6, 6.07) is 12.0. The number of benzene rings is 2. The Morgan fingerprint density at radius 3 is 2.19 bits per heavy atom. The number of ketones is 1. The van der Waals surface area contributed by atoms with Gasteiger partial charge >= 0.3 is 0 Å². The predicted molar refractivity (Wildman–Crippen MR) is 97.3 cm³/mol. The highest BCUT2D eigenvalue weighted by atomic mass is 32.1. The fourth-order valence-electron chi connectivity index (χ4n) is 3.51. The van der Waals surface area contributed by atoms with Gasteiger partial charge in [0.05, 0.1) is 23.8 Å². The molecule has 3 aromatic rings. The van der Waals surface area contributed by atoms with Gasteiger partial charge < -0.3 is 4.74 Å². The Hall–Kier alpha value is -3.25. The van der Waals surface area contributed by atoms with Crippen molar-refractivity contribution in [2.24, 2.45) is 0 Å². The number of anilines is 1. The smallest absolute Gasteiger partial charge is 0.266 e. The number of carbonyl (C=O) groups excluding carboxylic acids is 3.